The van der Waals surface area contributed by atoms with Gasteiger partial charge < -0.3 is 13.9 Å². The van der Waals surface area contributed by atoms with Gasteiger partial charge in [-0.05, 0) is 37.3 Å². The molecule has 0 fully saturated rings. The molecule has 0 amide bonds. The zero-order valence-electron chi connectivity index (χ0n) is 10.5. The Labute approximate surface area is 110 Å². The van der Waals surface area contributed by atoms with Crippen molar-refractivity contribution < 1.29 is 9.47 Å². The third kappa shape index (κ3) is 1.57. The first kappa shape index (κ1) is 10.4. The van der Waals surface area contributed by atoms with Crippen molar-refractivity contribution in [1.29, 1.82) is 0 Å². The zero-order chi connectivity index (χ0) is 12.8. The molecular weight excluding hydrogens is 240 g/mol. The summed E-state index contributed by atoms with van der Waals surface area (Å²) in [6.45, 7) is 2.36. The Kier molecular flexibility index (Phi) is 2.06. The predicted octanol–water partition coefficient (Wildman–Crippen LogP) is 3.04. The molecule has 0 radical (unpaired) electrons. The maximum absolute atomic E-state index is 5.40. The molecule has 4 nitrogen and oxygen atoms in total. The number of ether oxygens (including phenoxy) is 2. The van der Waals surface area contributed by atoms with Crippen molar-refractivity contribution in [3.8, 4) is 22.8 Å². The molecule has 3 aromatic rings. The van der Waals surface area contributed by atoms with E-state index < -0.39 is 0 Å². The lowest BCUT2D eigenvalue weighted by Gasteiger charge is -1.99. The summed E-state index contributed by atoms with van der Waals surface area (Å²) in [6, 6.07) is 12.0. The van der Waals surface area contributed by atoms with Crippen molar-refractivity contribution in [1.82, 2.24) is 9.38 Å². The van der Waals surface area contributed by atoms with Crippen molar-refractivity contribution in [3.05, 3.63) is 48.3 Å². The zero-order valence-corrected chi connectivity index (χ0v) is 10.5. The third-order valence-electron chi connectivity index (χ3n) is 3.36. The van der Waals surface area contributed by atoms with Crippen LogP contribution in [-0.4, -0.2) is 16.2 Å². The minimum absolute atomic E-state index is 0.295. The molecular formula is C15H12N2O2. The number of aromatic nitrogens is 2. The molecule has 0 spiro atoms. The van der Waals surface area contributed by atoms with Crippen LogP contribution in [0.1, 0.15) is 5.69 Å². The van der Waals surface area contributed by atoms with Gasteiger partial charge in [0.1, 0.15) is 5.65 Å². The van der Waals surface area contributed by atoms with E-state index in [1.165, 1.54) is 0 Å². The Morgan fingerprint density at radius 1 is 1.11 bits per heavy atom. The second-order valence-electron chi connectivity index (χ2n) is 4.59. The van der Waals surface area contributed by atoms with Crippen molar-refractivity contribution in [2.75, 3.05) is 6.79 Å². The monoisotopic (exact) mass is 252 g/mol. The molecule has 1 aliphatic heterocycles. The molecule has 0 N–H and O–H groups in total. The van der Waals surface area contributed by atoms with Crippen LogP contribution in [0.3, 0.4) is 0 Å². The van der Waals surface area contributed by atoms with Crippen LogP contribution in [0.15, 0.2) is 42.6 Å². The Hall–Kier alpha value is -2.49. The van der Waals surface area contributed by atoms with Gasteiger partial charge in [-0.1, -0.05) is 6.07 Å². The number of fused-ring (bicyclic) bond motifs is 2. The van der Waals surface area contributed by atoms with Crippen LogP contribution in [-0.2, 0) is 0 Å². The lowest BCUT2D eigenvalue weighted by atomic mass is 10.1. The Morgan fingerprint density at radius 3 is 2.89 bits per heavy atom. The molecule has 4 heteroatoms. The highest BCUT2D eigenvalue weighted by atomic mass is 16.7. The highest BCUT2D eigenvalue weighted by molar-refractivity contribution is 5.66. The normalized spacial score (nSPS) is 13.1. The van der Waals surface area contributed by atoms with Crippen molar-refractivity contribution >= 4 is 5.65 Å². The first-order chi connectivity index (χ1) is 9.31. The van der Waals surface area contributed by atoms with E-state index in [0.717, 1.165) is 34.1 Å². The minimum Gasteiger partial charge on any atom is -0.454 e. The topological polar surface area (TPSA) is 35.8 Å². The maximum Gasteiger partial charge on any atom is 0.231 e. The van der Waals surface area contributed by atoms with E-state index in [1.807, 2.05) is 36.5 Å². The molecule has 0 atom stereocenters. The van der Waals surface area contributed by atoms with Gasteiger partial charge in [-0.25, -0.2) is 4.98 Å². The van der Waals surface area contributed by atoms with Gasteiger partial charge in [0.25, 0.3) is 0 Å². The number of nitrogens with zero attached hydrogens (tertiary/aromatic N) is 2. The maximum atomic E-state index is 5.40. The lowest BCUT2D eigenvalue weighted by Crippen LogP contribution is -1.92. The van der Waals surface area contributed by atoms with E-state index in [4.69, 9.17) is 9.47 Å². The van der Waals surface area contributed by atoms with Crippen LogP contribution >= 0.6 is 0 Å². The Balaban J connectivity index is 1.88. The van der Waals surface area contributed by atoms with E-state index in [-0.39, 0.29) is 0 Å². The fourth-order valence-electron chi connectivity index (χ4n) is 2.34. The quantitative estimate of drug-likeness (QED) is 0.667. The molecule has 1 aromatic carbocycles. The number of pyridine rings is 1. The molecule has 19 heavy (non-hydrogen) atoms. The summed E-state index contributed by atoms with van der Waals surface area (Å²) in [6.07, 6.45) is 2.04. The number of hydrogen-bond donors (Lipinski definition) is 0. The van der Waals surface area contributed by atoms with Crippen LogP contribution in [0.2, 0.25) is 0 Å². The summed E-state index contributed by atoms with van der Waals surface area (Å²) >= 11 is 0. The summed E-state index contributed by atoms with van der Waals surface area (Å²) in [5.41, 5.74) is 4.09. The molecule has 0 unspecified atom stereocenters. The van der Waals surface area contributed by atoms with Crippen molar-refractivity contribution in [3.63, 3.8) is 0 Å². The highest BCUT2D eigenvalue weighted by Crippen LogP contribution is 2.35. The Morgan fingerprint density at radius 2 is 2.00 bits per heavy atom. The number of aryl methyl sites for hydroxylation is 1. The number of rotatable bonds is 1. The van der Waals surface area contributed by atoms with Gasteiger partial charge in [-0.15, -0.1) is 0 Å². The van der Waals surface area contributed by atoms with Gasteiger partial charge in [0, 0.05) is 17.5 Å². The molecule has 0 bridgehead atoms. The van der Waals surface area contributed by atoms with Gasteiger partial charge >= 0.3 is 0 Å². The van der Waals surface area contributed by atoms with Gasteiger partial charge in [0.2, 0.25) is 6.79 Å². The number of imidazole rings is 1. The van der Waals surface area contributed by atoms with Crippen LogP contribution in [0.5, 0.6) is 11.5 Å². The lowest BCUT2D eigenvalue weighted by molar-refractivity contribution is 0.174. The predicted molar refractivity (Wildman–Crippen MR) is 71.5 cm³/mol. The number of benzene rings is 1. The molecule has 94 valence electrons. The molecule has 1 aliphatic rings. The molecule has 4 rings (SSSR count). The average molecular weight is 252 g/mol. The number of hydrogen-bond acceptors (Lipinski definition) is 3. The van der Waals surface area contributed by atoms with Crippen molar-refractivity contribution in [2.45, 2.75) is 6.92 Å². The van der Waals surface area contributed by atoms with Crippen LogP contribution in [0, 0.1) is 6.92 Å². The van der Waals surface area contributed by atoms with Crippen molar-refractivity contribution in [2.24, 2.45) is 0 Å². The van der Waals surface area contributed by atoms with E-state index in [1.54, 1.807) is 0 Å². The fourth-order valence-corrected chi connectivity index (χ4v) is 2.34. The summed E-state index contributed by atoms with van der Waals surface area (Å²) in [5.74, 6) is 1.58. The summed E-state index contributed by atoms with van der Waals surface area (Å²) in [7, 11) is 0. The minimum atomic E-state index is 0.295. The summed E-state index contributed by atoms with van der Waals surface area (Å²) < 4.78 is 12.8. The van der Waals surface area contributed by atoms with E-state index in [2.05, 4.69) is 22.4 Å². The average Bonchev–Trinajstić information content (AvgIpc) is 3.04. The van der Waals surface area contributed by atoms with Gasteiger partial charge in [0.15, 0.2) is 11.5 Å². The van der Waals surface area contributed by atoms with Gasteiger partial charge in [-0.2, -0.15) is 0 Å². The van der Waals surface area contributed by atoms with Gasteiger partial charge in [0.05, 0.1) is 5.69 Å². The fraction of sp³-hybridized carbons (Fsp3) is 0.133. The first-order valence-electron chi connectivity index (χ1n) is 6.16. The molecule has 2 aromatic heterocycles. The van der Waals surface area contributed by atoms with Crippen LogP contribution < -0.4 is 9.47 Å². The summed E-state index contributed by atoms with van der Waals surface area (Å²) in [4.78, 5) is 4.64. The van der Waals surface area contributed by atoms with Crippen LogP contribution in [0.25, 0.3) is 16.9 Å². The molecule has 0 saturated heterocycles. The largest absolute Gasteiger partial charge is 0.454 e. The standard InChI is InChI=1S/C15H12N2O2/c1-10-3-2-4-15-16-12(8-17(10)15)11-5-6-13-14(7-11)19-9-18-13/h2-8H,9H2,1H3. The summed E-state index contributed by atoms with van der Waals surface area (Å²) in [5, 5.41) is 0. The second kappa shape index (κ2) is 3.75. The third-order valence-corrected chi connectivity index (χ3v) is 3.36. The van der Waals surface area contributed by atoms with Crippen LogP contribution in [0.4, 0.5) is 0 Å². The SMILES string of the molecule is Cc1cccc2nc(-c3ccc4c(c3)OCO4)cn12. The second-order valence-corrected chi connectivity index (χ2v) is 4.59. The molecule has 0 aliphatic carbocycles. The molecule has 3 heterocycles. The van der Waals surface area contributed by atoms with E-state index in [9.17, 15) is 0 Å². The Bertz CT molecular complexity index is 777. The highest BCUT2D eigenvalue weighted by Gasteiger charge is 2.15. The smallest absolute Gasteiger partial charge is 0.231 e. The van der Waals surface area contributed by atoms with E-state index in [0.29, 0.717) is 6.79 Å². The van der Waals surface area contributed by atoms with E-state index >= 15 is 0 Å². The first-order valence-corrected chi connectivity index (χ1v) is 6.16. The molecule has 0 saturated carbocycles. The van der Waals surface area contributed by atoms with Gasteiger partial charge in [-0.3, -0.25) is 0 Å².